The SMILES string of the molecule is CNCc1cn(-c2ccccc2O)nc1C. The van der Waals surface area contributed by atoms with Crippen LogP contribution in [0.25, 0.3) is 5.69 Å². The molecule has 4 heteroatoms. The number of phenolic OH excluding ortho intramolecular Hbond substituents is 1. The van der Waals surface area contributed by atoms with Gasteiger partial charge in [0, 0.05) is 18.3 Å². The van der Waals surface area contributed by atoms with Gasteiger partial charge in [-0.05, 0) is 26.1 Å². The zero-order valence-corrected chi connectivity index (χ0v) is 9.44. The summed E-state index contributed by atoms with van der Waals surface area (Å²) in [6.07, 6.45) is 1.93. The van der Waals surface area contributed by atoms with Crippen molar-refractivity contribution < 1.29 is 5.11 Å². The number of rotatable bonds is 3. The molecule has 0 aliphatic carbocycles. The first kappa shape index (κ1) is 10.7. The molecular weight excluding hydrogens is 202 g/mol. The Morgan fingerprint density at radius 3 is 2.81 bits per heavy atom. The van der Waals surface area contributed by atoms with E-state index in [-0.39, 0.29) is 5.75 Å². The molecule has 84 valence electrons. The van der Waals surface area contributed by atoms with Gasteiger partial charge in [0.05, 0.1) is 5.69 Å². The summed E-state index contributed by atoms with van der Waals surface area (Å²) in [5.74, 6) is 0.237. The average molecular weight is 217 g/mol. The Kier molecular flexibility index (Phi) is 2.92. The highest BCUT2D eigenvalue weighted by Crippen LogP contribution is 2.21. The Morgan fingerprint density at radius 2 is 2.12 bits per heavy atom. The predicted octanol–water partition coefficient (Wildman–Crippen LogP) is 1.61. The first-order valence-electron chi connectivity index (χ1n) is 5.20. The molecule has 1 heterocycles. The molecule has 0 aliphatic rings. The maximum Gasteiger partial charge on any atom is 0.141 e. The number of aryl methyl sites for hydroxylation is 1. The molecule has 0 amide bonds. The van der Waals surface area contributed by atoms with E-state index < -0.39 is 0 Å². The van der Waals surface area contributed by atoms with E-state index in [0.717, 1.165) is 17.8 Å². The maximum absolute atomic E-state index is 9.72. The predicted molar refractivity (Wildman–Crippen MR) is 62.7 cm³/mol. The zero-order chi connectivity index (χ0) is 11.5. The van der Waals surface area contributed by atoms with E-state index in [1.807, 2.05) is 32.3 Å². The van der Waals surface area contributed by atoms with Gasteiger partial charge in [-0.1, -0.05) is 12.1 Å². The number of nitrogens with one attached hydrogen (secondary N) is 1. The van der Waals surface area contributed by atoms with Crippen LogP contribution in [-0.2, 0) is 6.54 Å². The summed E-state index contributed by atoms with van der Waals surface area (Å²) in [4.78, 5) is 0. The Bertz CT molecular complexity index is 491. The van der Waals surface area contributed by atoms with Crippen LogP contribution in [0.4, 0.5) is 0 Å². The minimum absolute atomic E-state index is 0.237. The molecule has 0 spiro atoms. The maximum atomic E-state index is 9.72. The number of aromatic nitrogens is 2. The third kappa shape index (κ3) is 1.92. The van der Waals surface area contributed by atoms with Crippen molar-refractivity contribution >= 4 is 0 Å². The molecule has 0 bridgehead atoms. The van der Waals surface area contributed by atoms with Crippen LogP contribution in [0.15, 0.2) is 30.5 Å². The van der Waals surface area contributed by atoms with Crippen molar-refractivity contribution in [2.24, 2.45) is 0 Å². The molecule has 1 aromatic carbocycles. The minimum atomic E-state index is 0.237. The van der Waals surface area contributed by atoms with Gasteiger partial charge >= 0.3 is 0 Å². The van der Waals surface area contributed by atoms with Crippen molar-refractivity contribution in [3.05, 3.63) is 41.7 Å². The highest BCUT2D eigenvalue weighted by atomic mass is 16.3. The second-order valence-corrected chi connectivity index (χ2v) is 3.70. The van der Waals surface area contributed by atoms with Crippen LogP contribution in [0.2, 0.25) is 0 Å². The Morgan fingerprint density at radius 1 is 1.38 bits per heavy atom. The van der Waals surface area contributed by atoms with Gasteiger partial charge in [0.15, 0.2) is 0 Å². The molecule has 2 rings (SSSR count). The number of hydrogen-bond acceptors (Lipinski definition) is 3. The summed E-state index contributed by atoms with van der Waals surface area (Å²) >= 11 is 0. The Balaban J connectivity index is 2.42. The van der Waals surface area contributed by atoms with E-state index in [0.29, 0.717) is 5.69 Å². The third-order valence-corrected chi connectivity index (χ3v) is 2.50. The Hall–Kier alpha value is -1.81. The summed E-state index contributed by atoms with van der Waals surface area (Å²) in [5.41, 5.74) is 2.80. The number of phenols is 1. The standard InChI is InChI=1S/C12H15N3O/c1-9-10(7-13-2)8-15(14-9)11-5-3-4-6-12(11)16/h3-6,8,13,16H,7H2,1-2H3. The fraction of sp³-hybridized carbons (Fsp3) is 0.250. The molecule has 0 aliphatic heterocycles. The zero-order valence-electron chi connectivity index (χ0n) is 9.44. The summed E-state index contributed by atoms with van der Waals surface area (Å²) in [7, 11) is 1.90. The van der Waals surface area contributed by atoms with Gasteiger partial charge in [0.1, 0.15) is 11.4 Å². The second kappa shape index (κ2) is 4.37. The molecule has 16 heavy (non-hydrogen) atoms. The van der Waals surface area contributed by atoms with Crippen LogP contribution in [0.1, 0.15) is 11.3 Å². The fourth-order valence-corrected chi connectivity index (χ4v) is 1.64. The molecule has 4 nitrogen and oxygen atoms in total. The summed E-state index contributed by atoms with van der Waals surface area (Å²) in [6, 6.07) is 7.17. The number of hydrogen-bond donors (Lipinski definition) is 2. The van der Waals surface area contributed by atoms with Crippen LogP contribution in [-0.4, -0.2) is 21.9 Å². The van der Waals surface area contributed by atoms with Gasteiger partial charge in [-0.2, -0.15) is 5.10 Å². The van der Waals surface area contributed by atoms with Crippen LogP contribution in [0, 0.1) is 6.92 Å². The summed E-state index contributed by atoms with van der Waals surface area (Å²) < 4.78 is 1.71. The Labute approximate surface area is 94.5 Å². The lowest BCUT2D eigenvalue weighted by atomic mass is 10.2. The van der Waals surface area contributed by atoms with Gasteiger partial charge in [0.2, 0.25) is 0 Å². The van der Waals surface area contributed by atoms with Gasteiger partial charge in [-0.25, -0.2) is 4.68 Å². The molecule has 1 aromatic heterocycles. The van der Waals surface area contributed by atoms with E-state index in [1.54, 1.807) is 16.8 Å². The number of nitrogens with zero attached hydrogens (tertiary/aromatic N) is 2. The topological polar surface area (TPSA) is 50.1 Å². The van der Waals surface area contributed by atoms with E-state index in [4.69, 9.17) is 0 Å². The number of benzene rings is 1. The lowest BCUT2D eigenvalue weighted by Crippen LogP contribution is -2.05. The molecule has 0 radical (unpaired) electrons. The van der Waals surface area contributed by atoms with Crippen molar-refractivity contribution in [1.82, 2.24) is 15.1 Å². The largest absolute Gasteiger partial charge is 0.506 e. The molecule has 0 fully saturated rings. The van der Waals surface area contributed by atoms with Gasteiger partial charge < -0.3 is 10.4 Å². The van der Waals surface area contributed by atoms with Crippen molar-refractivity contribution in [1.29, 1.82) is 0 Å². The second-order valence-electron chi connectivity index (χ2n) is 3.70. The first-order chi connectivity index (χ1) is 7.72. The van der Waals surface area contributed by atoms with Crippen molar-refractivity contribution in [3.63, 3.8) is 0 Å². The molecular formula is C12H15N3O. The van der Waals surface area contributed by atoms with E-state index in [1.165, 1.54) is 0 Å². The van der Waals surface area contributed by atoms with Crippen LogP contribution in [0.3, 0.4) is 0 Å². The molecule has 0 atom stereocenters. The quantitative estimate of drug-likeness (QED) is 0.821. The van der Waals surface area contributed by atoms with Crippen LogP contribution < -0.4 is 5.32 Å². The average Bonchev–Trinajstić information content (AvgIpc) is 2.61. The normalized spacial score (nSPS) is 10.6. The van der Waals surface area contributed by atoms with Gasteiger partial charge in [0.25, 0.3) is 0 Å². The van der Waals surface area contributed by atoms with E-state index >= 15 is 0 Å². The van der Waals surface area contributed by atoms with E-state index in [9.17, 15) is 5.11 Å². The molecule has 0 saturated carbocycles. The first-order valence-corrected chi connectivity index (χ1v) is 5.20. The monoisotopic (exact) mass is 217 g/mol. The highest BCUT2D eigenvalue weighted by molar-refractivity contribution is 5.45. The smallest absolute Gasteiger partial charge is 0.141 e. The number of para-hydroxylation sites is 2. The van der Waals surface area contributed by atoms with E-state index in [2.05, 4.69) is 10.4 Å². The molecule has 0 unspecified atom stereocenters. The van der Waals surface area contributed by atoms with Gasteiger partial charge in [-0.15, -0.1) is 0 Å². The number of aromatic hydroxyl groups is 1. The van der Waals surface area contributed by atoms with Crippen molar-refractivity contribution in [2.75, 3.05) is 7.05 Å². The summed E-state index contributed by atoms with van der Waals surface area (Å²) in [5, 5.41) is 17.2. The fourth-order valence-electron chi connectivity index (χ4n) is 1.64. The summed E-state index contributed by atoms with van der Waals surface area (Å²) in [6.45, 7) is 2.74. The highest BCUT2D eigenvalue weighted by Gasteiger charge is 2.07. The molecule has 0 saturated heterocycles. The molecule has 2 N–H and O–H groups in total. The minimum Gasteiger partial charge on any atom is -0.506 e. The lowest BCUT2D eigenvalue weighted by molar-refractivity contribution is 0.470. The third-order valence-electron chi connectivity index (χ3n) is 2.50. The van der Waals surface area contributed by atoms with Crippen molar-refractivity contribution in [3.8, 4) is 11.4 Å². The van der Waals surface area contributed by atoms with Crippen molar-refractivity contribution in [2.45, 2.75) is 13.5 Å². The van der Waals surface area contributed by atoms with Gasteiger partial charge in [-0.3, -0.25) is 0 Å². The van der Waals surface area contributed by atoms with Crippen LogP contribution >= 0.6 is 0 Å². The van der Waals surface area contributed by atoms with Crippen LogP contribution in [0.5, 0.6) is 5.75 Å². The lowest BCUT2D eigenvalue weighted by Gasteiger charge is -2.02. The molecule has 2 aromatic rings.